The van der Waals surface area contributed by atoms with Crippen molar-refractivity contribution in [1.29, 1.82) is 0 Å². The van der Waals surface area contributed by atoms with Gasteiger partial charge in [-0.3, -0.25) is 4.79 Å². The number of carbonyl (C=O) groups is 1. The van der Waals surface area contributed by atoms with Crippen molar-refractivity contribution in [2.75, 3.05) is 13.7 Å². The summed E-state index contributed by atoms with van der Waals surface area (Å²) in [6, 6.07) is 0. The number of rotatable bonds is 3. The minimum Gasteiger partial charge on any atom is -0.464 e. The van der Waals surface area contributed by atoms with Crippen LogP contribution in [0.15, 0.2) is 11.1 Å². The number of hydrogen-bond donors (Lipinski definition) is 2. The van der Waals surface area contributed by atoms with Crippen molar-refractivity contribution in [2.45, 2.75) is 6.42 Å². The van der Waals surface area contributed by atoms with Gasteiger partial charge in [-0.2, -0.15) is 5.10 Å². The van der Waals surface area contributed by atoms with E-state index in [1.54, 1.807) is 0 Å². The molecule has 8 heteroatoms. The number of nitrogens with one attached hydrogen (secondary N) is 1. The van der Waals surface area contributed by atoms with Crippen molar-refractivity contribution >= 4 is 11.7 Å². The van der Waals surface area contributed by atoms with Crippen molar-refractivity contribution < 1.29 is 14.6 Å². The van der Waals surface area contributed by atoms with E-state index in [1.165, 1.54) is 13.4 Å². The number of methoxy groups -OCH3 is 1. The van der Waals surface area contributed by atoms with Gasteiger partial charge in [0.05, 0.1) is 12.7 Å². The number of nitrogens with zero attached hydrogens (tertiary/aromatic N) is 3. The number of H-pyrrole nitrogens is 1. The highest BCUT2D eigenvalue weighted by Gasteiger charge is 2.19. The van der Waals surface area contributed by atoms with Crippen LogP contribution in [0, 0.1) is 0 Å². The summed E-state index contributed by atoms with van der Waals surface area (Å²) in [4.78, 5) is 27.4. The van der Waals surface area contributed by atoms with E-state index < -0.39 is 11.5 Å². The molecule has 2 aromatic rings. The van der Waals surface area contributed by atoms with Crippen LogP contribution in [0.4, 0.5) is 0 Å². The molecular formula is C9H10N4O4. The standard InChI is InChI=1S/C9H10N4O4/c1-17-8(16)6-5(2-3-14)7(15)13-4-10-12-9(13)11-6/h4,14H,2-3H2,1H3,(H,11,12). The Hall–Kier alpha value is -2.22. The van der Waals surface area contributed by atoms with Gasteiger partial charge in [-0.05, 0) is 0 Å². The molecule has 17 heavy (non-hydrogen) atoms. The van der Waals surface area contributed by atoms with E-state index in [0.29, 0.717) is 0 Å². The van der Waals surface area contributed by atoms with E-state index in [0.717, 1.165) is 4.40 Å². The maximum atomic E-state index is 12.0. The van der Waals surface area contributed by atoms with Crippen LogP contribution in [0.1, 0.15) is 16.1 Å². The highest BCUT2D eigenvalue weighted by atomic mass is 16.5. The molecule has 0 radical (unpaired) electrons. The molecule has 0 saturated heterocycles. The topological polar surface area (TPSA) is 110 Å². The Bertz CT molecular complexity index is 615. The number of carbonyl (C=O) groups excluding carboxylic acids is 1. The van der Waals surface area contributed by atoms with Gasteiger partial charge in [0.1, 0.15) is 6.33 Å². The number of esters is 1. The lowest BCUT2D eigenvalue weighted by Crippen LogP contribution is -2.25. The molecule has 0 bridgehead atoms. The zero-order chi connectivity index (χ0) is 12.4. The van der Waals surface area contributed by atoms with E-state index in [-0.39, 0.29) is 30.1 Å². The molecule has 0 unspecified atom stereocenters. The first kappa shape index (κ1) is 11.3. The zero-order valence-corrected chi connectivity index (χ0v) is 9.01. The molecule has 0 saturated carbocycles. The van der Waals surface area contributed by atoms with Crippen molar-refractivity contribution in [3.8, 4) is 0 Å². The summed E-state index contributed by atoms with van der Waals surface area (Å²) >= 11 is 0. The fraction of sp³-hybridized carbons (Fsp3) is 0.333. The number of hydrogen-bond acceptors (Lipinski definition) is 6. The minimum absolute atomic E-state index is 0.0321. The van der Waals surface area contributed by atoms with Crippen LogP contribution in [-0.4, -0.2) is 44.4 Å². The third-order valence-electron chi connectivity index (χ3n) is 2.29. The fourth-order valence-corrected chi connectivity index (χ4v) is 1.50. The van der Waals surface area contributed by atoms with Crippen LogP contribution >= 0.6 is 0 Å². The molecule has 90 valence electrons. The first-order valence-corrected chi connectivity index (χ1v) is 4.82. The Balaban J connectivity index is 2.75. The molecule has 0 aromatic carbocycles. The predicted molar refractivity (Wildman–Crippen MR) is 55.7 cm³/mol. The molecule has 0 aliphatic heterocycles. The second-order valence-electron chi connectivity index (χ2n) is 3.26. The Morgan fingerprint density at radius 1 is 1.65 bits per heavy atom. The highest BCUT2D eigenvalue weighted by molar-refractivity contribution is 5.89. The Kier molecular flexibility index (Phi) is 2.88. The molecule has 0 atom stereocenters. The Labute approximate surface area is 94.9 Å². The first-order chi connectivity index (χ1) is 8.19. The molecule has 2 rings (SSSR count). The van der Waals surface area contributed by atoms with E-state index in [1.807, 2.05) is 0 Å². The SMILES string of the molecule is COC(=O)c1nc2[nH]ncn2c(=O)c1CCO. The molecule has 0 aliphatic carbocycles. The predicted octanol–water partition coefficient (Wildman–Crippen LogP) is -1.26. The maximum Gasteiger partial charge on any atom is 0.357 e. The minimum atomic E-state index is -0.720. The van der Waals surface area contributed by atoms with Gasteiger partial charge >= 0.3 is 5.97 Å². The highest BCUT2D eigenvalue weighted by Crippen LogP contribution is 2.05. The number of aromatic amines is 1. The molecule has 2 heterocycles. The zero-order valence-electron chi connectivity index (χ0n) is 9.01. The van der Waals surface area contributed by atoms with Gasteiger partial charge in [0.2, 0.25) is 5.78 Å². The lowest BCUT2D eigenvalue weighted by atomic mass is 10.1. The summed E-state index contributed by atoms with van der Waals surface area (Å²) < 4.78 is 5.70. The second-order valence-corrected chi connectivity index (χ2v) is 3.26. The van der Waals surface area contributed by atoms with Gasteiger partial charge in [-0.15, -0.1) is 0 Å². The van der Waals surface area contributed by atoms with Gasteiger partial charge in [0.25, 0.3) is 5.56 Å². The van der Waals surface area contributed by atoms with Crippen molar-refractivity contribution in [2.24, 2.45) is 0 Å². The van der Waals surface area contributed by atoms with Gasteiger partial charge in [-0.1, -0.05) is 0 Å². The summed E-state index contributed by atoms with van der Waals surface area (Å²) in [5.74, 6) is -0.570. The first-order valence-electron chi connectivity index (χ1n) is 4.82. The fourth-order valence-electron chi connectivity index (χ4n) is 1.50. The van der Waals surface area contributed by atoms with Gasteiger partial charge in [-0.25, -0.2) is 19.3 Å². The summed E-state index contributed by atoms with van der Waals surface area (Å²) in [5.41, 5.74) is -0.438. The quantitative estimate of drug-likeness (QED) is 0.646. The maximum absolute atomic E-state index is 12.0. The summed E-state index contributed by atoms with van der Waals surface area (Å²) in [5, 5.41) is 15.0. The number of aliphatic hydroxyl groups excluding tert-OH is 1. The third-order valence-corrected chi connectivity index (χ3v) is 2.29. The van der Waals surface area contributed by atoms with Crippen LogP contribution in [0.25, 0.3) is 5.78 Å². The molecule has 0 amide bonds. The number of fused-ring (bicyclic) bond motifs is 1. The van der Waals surface area contributed by atoms with Crippen LogP contribution < -0.4 is 5.56 Å². The average molecular weight is 238 g/mol. The average Bonchev–Trinajstić information content (AvgIpc) is 2.80. The lowest BCUT2D eigenvalue weighted by molar-refractivity contribution is 0.0592. The number of aromatic nitrogens is 4. The summed E-state index contributed by atoms with van der Waals surface area (Å²) in [6.45, 7) is -0.259. The molecule has 2 N–H and O–H groups in total. The van der Waals surface area contributed by atoms with Gasteiger partial charge in [0.15, 0.2) is 5.69 Å². The molecule has 8 nitrogen and oxygen atoms in total. The van der Waals surface area contributed by atoms with E-state index >= 15 is 0 Å². The van der Waals surface area contributed by atoms with Crippen LogP contribution in [0.5, 0.6) is 0 Å². The monoisotopic (exact) mass is 238 g/mol. The van der Waals surface area contributed by atoms with Crippen LogP contribution in [0.3, 0.4) is 0 Å². The largest absolute Gasteiger partial charge is 0.464 e. The van der Waals surface area contributed by atoms with Gasteiger partial charge < -0.3 is 9.84 Å². The van der Waals surface area contributed by atoms with Crippen molar-refractivity contribution in [3.05, 3.63) is 27.9 Å². The molecule has 0 aliphatic rings. The summed E-state index contributed by atoms with van der Waals surface area (Å²) in [7, 11) is 1.20. The van der Waals surface area contributed by atoms with E-state index in [9.17, 15) is 9.59 Å². The van der Waals surface area contributed by atoms with E-state index in [4.69, 9.17) is 5.11 Å². The van der Waals surface area contributed by atoms with Crippen molar-refractivity contribution in [1.82, 2.24) is 19.6 Å². The molecule has 2 aromatic heterocycles. The molecule has 0 spiro atoms. The molecular weight excluding hydrogens is 228 g/mol. The smallest absolute Gasteiger partial charge is 0.357 e. The number of ether oxygens (including phenoxy) is 1. The van der Waals surface area contributed by atoms with E-state index in [2.05, 4.69) is 19.9 Å². The third kappa shape index (κ3) is 1.78. The van der Waals surface area contributed by atoms with Crippen LogP contribution in [-0.2, 0) is 11.2 Å². The Morgan fingerprint density at radius 2 is 2.41 bits per heavy atom. The Morgan fingerprint density at radius 3 is 3.06 bits per heavy atom. The lowest BCUT2D eigenvalue weighted by Gasteiger charge is -2.05. The van der Waals surface area contributed by atoms with Crippen LogP contribution in [0.2, 0.25) is 0 Å². The van der Waals surface area contributed by atoms with Gasteiger partial charge in [0, 0.05) is 13.0 Å². The second kappa shape index (κ2) is 4.34. The molecule has 0 fully saturated rings. The van der Waals surface area contributed by atoms with Crippen molar-refractivity contribution in [3.63, 3.8) is 0 Å². The number of aliphatic hydroxyl groups is 1. The normalized spacial score (nSPS) is 10.7. The summed E-state index contributed by atoms with van der Waals surface area (Å²) in [6.07, 6.45) is 1.29.